The molecule has 1 aromatic heterocycles. The fourth-order valence-corrected chi connectivity index (χ4v) is 2.97. The van der Waals surface area contributed by atoms with Crippen LogP contribution in [0.25, 0.3) is 0 Å². The molecule has 0 bridgehead atoms. The first kappa shape index (κ1) is 20.7. The lowest BCUT2D eigenvalue weighted by Crippen LogP contribution is -2.51. The summed E-state index contributed by atoms with van der Waals surface area (Å²) < 4.78 is 90.8. The molecule has 0 unspecified atom stereocenters. The molecule has 1 aliphatic rings. The van der Waals surface area contributed by atoms with Gasteiger partial charge in [-0.1, -0.05) is 0 Å². The van der Waals surface area contributed by atoms with Gasteiger partial charge in [0.05, 0.1) is 5.84 Å². The predicted molar refractivity (Wildman–Crippen MR) is 87.7 cm³/mol. The van der Waals surface area contributed by atoms with Gasteiger partial charge in [0.2, 0.25) is 0 Å². The topological polar surface area (TPSA) is 93.5 Å². The van der Waals surface area contributed by atoms with Gasteiger partial charge in [-0.2, -0.15) is 8.78 Å². The number of rotatable bonds is 5. The van der Waals surface area contributed by atoms with Crippen LogP contribution in [0.5, 0.6) is 0 Å². The molecule has 1 amide bonds. The highest BCUT2D eigenvalue weighted by molar-refractivity contribution is 5.92. The number of nitrogens with two attached hydrogens (primary N) is 1. The molecule has 0 saturated heterocycles. The van der Waals surface area contributed by atoms with Gasteiger partial charge in [-0.25, -0.2) is 22.5 Å². The Kier molecular flexibility index (Phi) is 5.05. The van der Waals surface area contributed by atoms with E-state index >= 15 is 0 Å². The summed E-state index contributed by atoms with van der Waals surface area (Å²) in [5, 5.41) is 1.33. The van der Waals surface area contributed by atoms with Crippen LogP contribution in [-0.2, 0) is 11.6 Å². The van der Waals surface area contributed by atoms with Gasteiger partial charge in [-0.05, 0) is 18.2 Å². The van der Waals surface area contributed by atoms with Gasteiger partial charge in [0.25, 0.3) is 11.8 Å². The molecule has 0 fully saturated rings. The van der Waals surface area contributed by atoms with Crippen LogP contribution >= 0.6 is 0 Å². The third-order valence-electron chi connectivity index (χ3n) is 4.54. The molecule has 0 aliphatic carbocycles. The zero-order valence-electron chi connectivity index (χ0n) is 14.6. The van der Waals surface area contributed by atoms with Crippen LogP contribution in [0.4, 0.5) is 26.3 Å². The van der Waals surface area contributed by atoms with E-state index in [1.807, 2.05) is 0 Å². The van der Waals surface area contributed by atoms with E-state index in [9.17, 15) is 31.1 Å². The molecule has 1 aromatic carbocycles. The molecule has 1 atom stereocenters. The molecule has 6 nitrogen and oxygen atoms in total. The summed E-state index contributed by atoms with van der Waals surface area (Å²) in [6.45, 7) is -1.88. The standard InChI is InChI=1S/C17H14F6N4O2/c18-7-15(16(20,21)4-3-13(24)26-15)10-5-9(1-2-11(10)19)17(22,23)27-14(28)12-6-29-8-25-12/h1-2,5-6,8H,3-4,7H2,(H2,24,26)(H,27,28)/t15-/m1/s1. The Balaban J connectivity index is 2.05. The highest BCUT2D eigenvalue weighted by Gasteiger charge is 2.58. The molecule has 3 N–H and O–H groups in total. The summed E-state index contributed by atoms with van der Waals surface area (Å²) >= 11 is 0. The molecule has 0 radical (unpaired) electrons. The molecule has 0 saturated carbocycles. The Morgan fingerprint density at radius 2 is 2.07 bits per heavy atom. The van der Waals surface area contributed by atoms with E-state index in [0.717, 1.165) is 12.7 Å². The second kappa shape index (κ2) is 7.08. The fraction of sp³-hybridized carbons (Fsp3) is 0.353. The van der Waals surface area contributed by atoms with Gasteiger partial charge in [0, 0.05) is 24.0 Å². The number of benzene rings is 1. The minimum absolute atomic E-state index is 0.341. The lowest BCUT2D eigenvalue weighted by atomic mass is 9.80. The Morgan fingerprint density at radius 1 is 1.34 bits per heavy atom. The van der Waals surface area contributed by atoms with Gasteiger partial charge in [0.1, 0.15) is 18.8 Å². The van der Waals surface area contributed by atoms with Crippen molar-refractivity contribution in [2.75, 3.05) is 6.67 Å². The van der Waals surface area contributed by atoms with Crippen LogP contribution in [0.15, 0.2) is 40.3 Å². The van der Waals surface area contributed by atoms with E-state index in [1.54, 1.807) is 0 Å². The number of nitrogens with one attached hydrogen (secondary N) is 1. The van der Waals surface area contributed by atoms with E-state index in [1.165, 1.54) is 5.32 Å². The zero-order chi connectivity index (χ0) is 21.4. The summed E-state index contributed by atoms with van der Waals surface area (Å²) in [6, 6.07) is -2.75. The maximum atomic E-state index is 14.5. The summed E-state index contributed by atoms with van der Waals surface area (Å²) in [4.78, 5) is 18.6. The maximum Gasteiger partial charge on any atom is 0.352 e. The molecule has 12 heteroatoms. The van der Waals surface area contributed by atoms with Gasteiger partial charge in [-0.3, -0.25) is 15.1 Å². The fourth-order valence-electron chi connectivity index (χ4n) is 2.97. The largest absolute Gasteiger partial charge is 0.451 e. The molecule has 0 spiro atoms. The van der Waals surface area contributed by atoms with E-state index in [2.05, 4.69) is 14.4 Å². The van der Waals surface area contributed by atoms with Crippen molar-refractivity contribution in [1.82, 2.24) is 10.3 Å². The molecule has 3 rings (SSSR count). The number of hydrogen-bond donors (Lipinski definition) is 2. The third-order valence-corrected chi connectivity index (χ3v) is 4.54. The van der Waals surface area contributed by atoms with Gasteiger partial charge in [0.15, 0.2) is 17.6 Å². The lowest BCUT2D eigenvalue weighted by Gasteiger charge is -2.39. The number of aliphatic imine (C=N–C) groups is 1. The van der Waals surface area contributed by atoms with Crippen molar-refractivity contribution < 1.29 is 35.6 Å². The second-order valence-corrected chi connectivity index (χ2v) is 6.40. The van der Waals surface area contributed by atoms with Crippen LogP contribution in [0.1, 0.15) is 34.5 Å². The minimum atomic E-state index is -4.13. The number of oxazole rings is 1. The summed E-state index contributed by atoms with van der Waals surface area (Å²) in [7, 11) is 0. The first-order chi connectivity index (χ1) is 13.5. The van der Waals surface area contributed by atoms with Crippen LogP contribution in [-0.4, -0.2) is 29.3 Å². The Labute approximate surface area is 159 Å². The number of halogens is 6. The lowest BCUT2D eigenvalue weighted by molar-refractivity contribution is -0.0963. The average Bonchev–Trinajstić information content (AvgIpc) is 3.19. The Hall–Kier alpha value is -3.05. The van der Waals surface area contributed by atoms with Crippen molar-refractivity contribution in [3.05, 3.63) is 53.5 Å². The average molecular weight is 420 g/mol. The second-order valence-electron chi connectivity index (χ2n) is 6.40. The Bertz CT molecular complexity index is 947. The van der Waals surface area contributed by atoms with Crippen LogP contribution in [0, 0.1) is 5.82 Å². The number of nitrogens with zero attached hydrogens (tertiary/aromatic N) is 2. The molecule has 156 valence electrons. The normalized spacial score (nSPS) is 21.5. The van der Waals surface area contributed by atoms with Crippen molar-refractivity contribution in [2.24, 2.45) is 10.7 Å². The molecular formula is C17H14F6N4O2. The van der Waals surface area contributed by atoms with E-state index in [0.29, 0.717) is 18.2 Å². The van der Waals surface area contributed by atoms with E-state index in [4.69, 9.17) is 5.73 Å². The van der Waals surface area contributed by atoms with Crippen molar-refractivity contribution in [3.8, 4) is 0 Å². The van der Waals surface area contributed by atoms with E-state index < -0.39 is 59.1 Å². The number of hydrogen-bond acceptors (Lipinski definition) is 5. The zero-order valence-corrected chi connectivity index (χ0v) is 14.6. The molecule has 2 heterocycles. The SMILES string of the molecule is NC1=N[C@](CF)(c2cc(C(F)(F)NC(=O)c3cocn3)ccc2F)C(F)(F)CC1. The first-order valence-corrected chi connectivity index (χ1v) is 8.19. The number of amidine groups is 1. The quantitative estimate of drug-likeness (QED) is 0.574. The van der Waals surface area contributed by atoms with Gasteiger partial charge >= 0.3 is 6.05 Å². The van der Waals surface area contributed by atoms with Crippen LogP contribution < -0.4 is 11.1 Å². The van der Waals surface area contributed by atoms with Crippen molar-refractivity contribution in [3.63, 3.8) is 0 Å². The van der Waals surface area contributed by atoms with Crippen molar-refractivity contribution >= 4 is 11.7 Å². The number of carbonyl (C=O) groups excluding carboxylic acids is 1. The third kappa shape index (κ3) is 3.54. The predicted octanol–water partition coefficient (Wildman–Crippen LogP) is 3.24. The van der Waals surface area contributed by atoms with Crippen molar-refractivity contribution in [1.29, 1.82) is 0 Å². The number of carbonyl (C=O) groups is 1. The highest BCUT2D eigenvalue weighted by atomic mass is 19.3. The minimum Gasteiger partial charge on any atom is -0.451 e. The summed E-state index contributed by atoms with van der Waals surface area (Å²) in [6.07, 6.45) is 0.344. The number of amides is 1. The molecular weight excluding hydrogens is 406 g/mol. The summed E-state index contributed by atoms with van der Waals surface area (Å²) in [5.74, 6) is -6.95. The molecule has 1 aliphatic heterocycles. The smallest absolute Gasteiger partial charge is 0.352 e. The van der Waals surface area contributed by atoms with Crippen molar-refractivity contribution in [2.45, 2.75) is 30.3 Å². The highest BCUT2D eigenvalue weighted by Crippen LogP contribution is 2.48. The number of aromatic nitrogens is 1. The first-order valence-electron chi connectivity index (χ1n) is 8.19. The van der Waals surface area contributed by atoms with Gasteiger partial charge < -0.3 is 10.2 Å². The molecule has 2 aromatic rings. The molecule has 29 heavy (non-hydrogen) atoms. The van der Waals surface area contributed by atoms with Crippen LogP contribution in [0.2, 0.25) is 0 Å². The number of alkyl halides is 5. The Morgan fingerprint density at radius 3 is 2.69 bits per heavy atom. The van der Waals surface area contributed by atoms with E-state index in [-0.39, 0.29) is 12.3 Å². The summed E-state index contributed by atoms with van der Waals surface area (Å²) in [5.41, 5.74) is -0.278. The monoisotopic (exact) mass is 420 g/mol. The van der Waals surface area contributed by atoms with Gasteiger partial charge in [-0.15, -0.1) is 0 Å². The maximum absolute atomic E-state index is 14.5. The van der Waals surface area contributed by atoms with Crippen LogP contribution in [0.3, 0.4) is 0 Å².